The number of nitrogens with zero attached hydrogens (tertiary/aromatic N) is 4. The lowest BCUT2D eigenvalue weighted by atomic mass is 10.2. The van der Waals surface area contributed by atoms with E-state index in [0.717, 1.165) is 44.0 Å². The van der Waals surface area contributed by atoms with E-state index in [4.69, 9.17) is 33.7 Å². The first-order chi connectivity index (χ1) is 14.5. The monoisotopic (exact) mass is 571 g/mol. The molecule has 1 aliphatic heterocycles. The molecule has 0 spiro atoms. The summed E-state index contributed by atoms with van der Waals surface area (Å²) in [5.74, 6) is 0.399. The summed E-state index contributed by atoms with van der Waals surface area (Å²) in [4.78, 5) is 15.9. The number of hydrogen-bond donors (Lipinski definition) is 1. The summed E-state index contributed by atoms with van der Waals surface area (Å²) in [5, 5.41) is 2.22. The lowest BCUT2D eigenvalue weighted by molar-refractivity contribution is 0.198. The first-order valence-corrected chi connectivity index (χ1v) is 11.3. The number of benzene rings is 2. The largest absolute Gasteiger partial charge is 0.383 e. The summed E-state index contributed by atoms with van der Waals surface area (Å²) < 4.78 is 6.74. The number of fused-ring (bicyclic) bond motifs is 2. The number of nitrogen functional groups attached to an aromatic ring is 1. The Morgan fingerprint density at radius 1 is 0.833 bits per heavy atom. The zero-order valence-electron chi connectivity index (χ0n) is 15.7. The van der Waals surface area contributed by atoms with E-state index in [1.165, 1.54) is 12.8 Å². The fourth-order valence-corrected chi connectivity index (χ4v) is 3.85. The molecular formula is C20H17Br2Cl2N5O. The Bertz CT molecular complexity index is 1150. The Morgan fingerprint density at radius 2 is 1.47 bits per heavy atom. The van der Waals surface area contributed by atoms with Crippen molar-refractivity contribution in [2.75, 3.05) is 18.9 Å². The summed E-state index contributed by atoms with van der Waals surface area (Å²) in [6, 6.07) is 11.4. The van der Waals surface area contributed by atoms with E-state index in [1.807, 2.05) is 36.4 Å². The van der Waals surface area contributed by atoms with Gasteiger partial charge in [0.05, 0.1) is 11.0 Å². The molecule has 1 fully saturated rings. The summed E-state index contributed by atoms with van der Waals surface area (Å²) in [7, 11) is 0. The van der Waals surface area contributed by atoms with Crippen LogP contribution in [0.25, 0.3) is 21.8 Å². The maximum absolute atomic E-state index is 5.67. The maximum atomic E-state index is 5.67. The number of rotatable bonds is 0. The Kier molecular flexibility index (Phi) is 8.59. The van der Waals surface area contributed by atoms with Gasteiger partial charge >= 0.3 is 0 Å². The Morgan fingerprint density at radius 3 is 2.13 bits per heavy atom. The summed E-state index contributed by atoms with van der Waals surface area (Å²) in [6.07, 6.45) is 4.26. The molecule has 1 saturated heterocycles. The van der Waals surface area contributed by atoms with E-state index in [1.54, 1.807) is 6.20 Å². The van der Waals surface area contributed by atoms with Crippen LogP contribution in [0.15, 0.2) is 51.5 Å². The molecule has 0 amide bonds. The highest BCUT2D eigenvalue weighted by Gasteiger charge is 2.05. The van der Waals surface area contributed by atoms with Crippen LogP contribution >= 0.6 is 55.1 Å². The molecule has 0 atom stereocenters. The van der Waals surface area contributed by atoms with Crippen LogP contribution in [-0.4, -0.2) is 33.1 Å². The summed E-state index contributed by atoms with van der Waals surface area (Å²) >= 11 is 18.1. The Balaban J connectivity index is 0.000000140. The van der Waals surface area contributed by atoms with Crippen molar-refractivity contribution in [3.63, 3.8) is 0 Å². The topological polar surface area (TPSA) is 86.8 Å². The number of para-hydroxylation sites is 2. The van der Waals surface area contributed by atoms with Crippen molar-refractivity contribution in [3.05, 3.63) is 62.1 Å². The third-order valence-corrected chi connectivity index (χ3v) is 5.67. The van der Waals surface area contributed by atoms with E-state index in [-0.39, 0.29) is 10.6 Å². The van der Waals surface area contributed by atoms with E-state index in [9.17, 15) is 0 Å². The second kappa shape index (κ2) is 11.2. The molecule has 3 heterocycles. The zero-order valence-corrected chi connectivity index (χ0v) is 20.3. The van der Waals surface area contributed by atoms with Gasteiger partial charge < -0.3 is 10.5 Å². The molecular weight excluding hydrogens is 557 g/mol. The molecule has 1 aliphatic rings. The van der Waals surface area contributed by atoms with E-state index in [0.29, 0.717) is 5.82 Å². The van der Waals surface area contributed by atoms with Gasteiger partial charge in [-0.15, -0.1) is 0 Å². The second-order valence-corrected chi connectivity index (χ2v) is 8.53. The maximum Gasteiger partial charge on any atom is 0.224 e. The molecule has 156 valence electrons. The quantitative estimate of drug-likeness (QED) is 0.243. The van der Waals surface area contributed by atoms with Gasteiger partial charge in [0.25, 0.3) is 0 Å². The van der Waals surface area contributed by atoms with Crippen molar-refractivity contribution < 1.29 is 4.74 Å². The van der Waals surface area contributed by atoms with Crippen molar-refractivity contribution in [2.45, 2.75) is 12.8 Å². The third-order valence-electron chi connectivity index (χ3n) is 4.04. The molecule has 5 rings (SSSR count). The van der Waals surface area contributed by atoms with Crippen LogP contribution in [-0.2, 0) is 4.74 Å². The van der Waals surface area contributed by atoms with Crippen LogP contribution in [0.2, 0.25) is 10.6 Å². The number of aromatic nitrogens is 4. The number of anilines is 1. The number of ether oxygens (including phenoxy) is 1. The van der Waals surface area contributed by atoms with Gasteiger partial charge in [-0.05, 0) is 86.1 Å². The van der Waals surface area contributed by atoms with Crippen molar-refractivity contribution >= 4 is 82.7 Å². The van der Waals surface area contributed by atoms with Crippen molar-refractivity contribution in [2.24, 2.45) is 0 Å². The SMILES string of the molecule is C1CCOC1.Clc1ncc2cccc(Br)c2n1.Nc1nc(Cl)nc2c(Br)cccc12. The van der Waals surface area contributed by atoms with Crippen LogP contribution in [0.5, 0.6) is 0 Å². The molecule has 0 bridgehead atoms. The van der Waals surface area contributed by atoms with E-state index < -0.39 is 0 Å². The van der Waals surface area contributed by atoms with Crippen LogP contribution in [0.4, 0.5) is 5.82 Å². The molecule has 0 unspecified atom stereocenters. The zero-order chi connectivity index (χ0) is 21.5. The standard InChI is InChI=1S/C8H5BrClN3.C8H4BrClN2.C4H8O/c9-5-3-1-2-4-6(5)12-8(10)13-7(4)11;9-6-3-1-2-5-4-11-8(10)12-7(5)6;1-2-4-5-3-1/h1-3H,(H2,11,12,13);1-4H;1-4H2. The van der Waals surface area contributed by atoms with Gasteiger partial charge in [0.2, 0.25) is 10.6 Å². The molecule has 30 heavy (non-hydrogen) atoms. The highest BCUT2D eigenvalue weighted by Crippen LogP contribution is 2.26. The highest BCUT2D eigenvalue weighted by atomic mass is 79.9. The first-order valence-electron chi connectivity index (χ1n) is 8.97. The summed E-state index contributed by atoms with van der Waals surface area (Å²) in [5.41, 5.74) is 7.25. The smallest absolute Gasteiger partial charge is 0.224 e. The predicted octanol–water partition coefficient (Wildman–Crippen LogP) is 6.47. The van der Waals surface area contributed by atoms with Gasteiger partial charge in [0.15, 0.2) is 0 Å². The first kappa shape index (κ1) is 23.1. The molecule has 2 aromatic carbocycles. The van der Waals surface area contributed by atoms with E-state index >= 15 is 0 Å². The van der Waals surface area contributed by atoms with Gasteiger partial charge in [-0.1, -0.05) is 18.2 Å². The minimum Gasteiger partial charge on any atom is -0.383 e. The molecule has 0 radical (unpaired) electrons. The third kappa shape index (κ3) is 6.21. The summed E-state index contributed by atoms with van der Waals surface area (Å²) in [6.45, 7) is 2.00. The van der Waals surface area contributed by atoms with Gasteiger partial charge in [-0.25, -0.2) is 19.9 Å². The average molecular weight is 574 g/mol. The minimum absolute atomic E-state index is 0.164. The minimum atomic E-state index is 0.164. The lowest BCUT2D eigenvalue weighted by Crippen LogP contribution is -1.95. The molecule has 2 N–H and O–H groups in total. The van der Waals surface area contributed by atoms with Crippen LogP contribution < -0.4 is 5.73 Å². The normalized spacial score (nSPS) is 12.8. The molecule has 6 nitrogen and oxygen atoms in total. The highest BCUT2D eigenvalue weighted by molar-refractivity contribution is 9.11. The second-order valence-electron chi connectivity index (χ2n) is 6.15. The van der Waals surface area contributed by atoms with Crippen LogP contribution in [0, 0.1) is 0 Å². The molecule has 10 heteroatoms. The lowest BCUT2D eigenvalue weighted by Gasteiger charge is -2.02. The van der Waals surface area contributed by atoms with Crippen LogP contribution in [0.1, 0.15) is 12.8 Å². The van der Waals surface area contributed by atoms with Crippen LogP contribution in [0.3, 0.4) is 0 Å². The predicted molar refractivity (Wildman–Crippen MR) is 129 cm³/mol. The van der Waals surface area contributed by atoms with E-state index in [2.05, 4.69) is 51.8 Å². The fourth-order valence-electron chi connectivity index (χ4n) is 2.62. The number of halogens is 4. The molecule has 0 aliphatic carbocycles. The van der Waals surface area contributed by atoms with Gasteiger partial charge in [-0.3, -0.25) is 0 Å². The Hall–Kier alpha value is -1.58. The average Bonchev–Trinajstić information content (AvgIpc) is 3.30. The number of nitrogens with two attached hydrogens (primary N) is 1. The molecule has 2 aromatic heterocycles. The van der Waals surface area contributed by atoms with Gasteiger partial charge in [-0.2, -0.15) is 0 Å². The van der Waals surface area contributed by atoms with Crippen molar-refractivity contribution in [3.8, 4) is 0 Å². The van der Waals surface area contributed by atoms with Crippen molar-refractivity contribution in [1.29, 1.82) is 0 Å². The number of hydrogen-bond acceptors (Lipinski definition) is 6. The fraction of sp³-hybridized carbons (Fsp3) is 0.200. The van der Waals surface area contributed by atoms with Gasteiger partial charge in [0, 0.05) is 39.1 Å². The molecule has 0 saturated carbocycles. The molecule has 4 aromatic rings. The Labute approximate surface area is 200 Å². The van der Waals surface area contributed by atoms with Gasteiger partial charge in [0.1, 0.15) is 5.82 Å². The van der Waals surface area contributed by atoms with Crippen molar-refractivity contribution in [1.82, 2.24) is 19.9 Å².